The zero-order valence-electron chi connectivity index (χ0n) is 14.6. The first-order valence-electron chi connectivity index (χ1n) is 8.99. The largest absolute Gasteiger partial charge is 0.367 e. The zero-order chi connectivity index (χ0) is 17.2. The van der Waals surface area contributed by atoms with Crippen LogP contribution in [0.25, 0.3) is 0 Å². The molecule has 3 heterocycles. The molecule has 25 heavy (non-hydrogen) atoms. The molecule has 132 valence electrons. The summed E-state index contributed by atoms with van der Waals surface area (Å²) in [6, 6.07) is 11.0. The molecule has 0 saturated carbocycles. The quantitative estimate of drug-likeness (QED) is 0.926. The third-order valence-electron chi connectivity index (χ3n) is 5.09. The van der Waals surface area contributed by atoms with Crippen molar-refractivity contribution in [2.45, 2.75) is 32.2 Å². The highest BCUT2D eigenvalue weighted by Gasteiger charge is 2.32. The summed E-state index contributed by atoms with van der Waals surface area (Å²) >= 11 is 0. The van der Waals surface area contributed by atoms with Crippen LogP contribution in [0.4, 0.5) is 11.5 Å². The number of para-hydroxylation sites is 1. The maximum absolute atomic E-state index is 12.1. The number of rotatable bonds is 4. The summed E-state index contributed by atoms with van der Waals surface area (Å²) in [5.74, 6) is 1.18. The first-order chi connectivity index (χ1) is 12.2. The number of anilines is 2. The predicted molar refractivity (Wildman–Crippen MR) is 96.8 cm³/mol. The molecule has 0 radical (unpaired) electrons. The number of nitrogens with one attached hydrogen (secondary N) is 1. The lowest BCUT2D eigenvalue weighted by Gasteiger charge is -2.27. The fourth-order valence-electron chi connectivity index (χ4n) is 3.94. The summed E-state index contributed by atoms with van der Waals surface area (Å²) in [7, 11) is 0. The summed E-state index contributed by atoms with van der Waals surface area (Å²) < 4.78 is 4.97. The Labute approximate surface area is 147 Å². The number of nitrogens with zero attached hydrogens (tertiary/aromatic N) is 3. The average molecular weight is 340 g/mol. The minimum Gasteiger partial charge on any atom is -0.367 e. The van der Waals surface area contributed by atoms with Crippen LogP contribution in [0.1, 0.15) is 24.2 Å². The van der Waals surface area contributed by atoms with E-state index in [-0.39, 0.29) is 5.91 Å². The Hall–Kier alpha value is -2.34. The van der Waals surface area contributed by atoms with Crippen molar-refractivity contribution in [1.29, 1.82) is 0 Å². The molecule has 1 atom stereocenters. The molecule has 1 aromatic heterocycles. The molecule has 1 amide bonds. The normalized spacial score (nSPS) is 20.0. The lowest BCUT2D eigenvalue weighted by molar-refractivity contribution is -0.116. The molecular weight excluding hydrogens is 316 g/mol. The van der Waals surface area contributed by atoms with Gasteiger partial charge in [0.15, 0.2) is 5.82 Å². The van der Waals surface area contributed by atoms with E-state index in [0.29, 0.717) is 24.0 Å². The van der Waals surface area contributed by atoms with Gasteiger partial charge in [-0.25, -0.2) is 0 Å². The number of benzene rings is 1. The number of carbonyl (C=O) groups excluding carboxylic acids is 1. The molecule has 0 bridgehead atoms. The van der Waals surface area contributed by atoms with Crippen LogP contribution in [-0.2, 0) is 11.2 Å². The molecule has 0 spiro atoms. The molecule has 1 saturated heterocycles. The molecular formula is C19H24N4O2. The molecule has 1 unspecified atom stereocenters. The van der Waals surface area contributed by atoms with E-state index < -0.39 is 0 Å². The van der Waals surface area contributed by atoms with Crippen LogP contribution in [-0.4, -0.2) is 48.2 Å². The van der Waals surface area contributed by atoms with Gasteiger partial charge in [-0.05, 0) is 37.9 Å². The first kappa shape index (κ1) is 16.1. The van der Waals surface area contributed by atoms with Crippen molar-refractivity contribution in [2.75, 3.05) is 36.4 Å². The lowest BCUT2D eigenvalue weighted by atomic mass is 10.1. The first-order valence-corrected chi connectivity index (χ1v) is 8.99. The Balaban J connectivity index is 1.31. The second-order valence-electron chi connectivity index (χ2n) is 6.96. The maximum atomic E-state index is 12.1. The Morgan fingerprint density at radius 3 is 3.08 bits per heavy atom. The third kappa shape index (κ3) is 3.54. The molecule has 4 rings (SSSR count). The van der Waals surface area contributed by atoms with E-state index in [2.05, 4.69) is 44.5 Å². The second kappa shape index (κ2) is 6.88. The lowest BCUT2D eigenvalue weighted by Crippen LogP contribution is -2.39. The highest BCUT2D eigenvalue weighted by Crippen LogP contribution is 2.33. The van der Waals surface area contributed by atoms with Crippen LogP contribution in [0, 0.1) is 6.92 Å². The van der Waals surface area contributed by atoms with Crippen LogP contribution < -0.4 is 10.2 Å². The zero-order valence-corrected chi connectivity index (χ0v) is 14.6. The Kier molecular flexibility index (Phi) is 4.44. The minimum atomic E-state index is -0.0101. The van der Waals surface area contributed by atoms with Gasteiger partial charge in [0.05, 0.1) is 0 Å². The molecule has 6 heteroatoms. The van der Waals surface area contributed by atoms with Crippen molar-refractivity contribution in [3.05, 3.63) is 41.7 Å². The van der Waals surface area contributed by atoms with Crippen molar-refractivity contribution in [3.8, 4) is 0 Å². The molecule has 2 aliphatic rings. The van der Waals surface area contributed by atoms with E-state index in [1.807, 2.05) is 6.92 Å². The number of aromatic nitrogens is 1. The summed E-state index contributed by atoms with van der Waals surface area (Å²) in [5, 5.41) is 6.60. The monoisotopic (exact) mass is 340 g/mol. The Morgan fingerprint density at radius 2 is 2.24 bits per heavy atom. The summed E-state index contributed by atoms with van der Waals surface area (Å²) in [4.78, 5) is 17.1. The van der Waals surface area contributed by atoms with Crippen molar-refractivity contribution in [2.24, 2.45) is 0 Å². The molecule has 6 nitrogen and oxygen atoms in total. The van der Waals surface area contributed by atoms with Crippen molar-refractivity contribution in [1.82, 2.24) is 10.1 Å². The molecule has 1 fully saturated rings. The smallest absolute Gasteiger partial charge is 0.226 e. The van der Waals surface area contributed by atoms with Gasteiger partial charge in [-0.15, -0.1) is 0 Å². The Bertz CT molecular complexity index is 757. The third-order valence-corrected chi connectivity index (χ3v) is 5.09. The van der Waals surface area contributed by atoms with E-state index in [0.717, 1.165) is 39.0 Å². The fourth-order valence-corrected chi connectivity index (χ4v) is 3.94. The van der Waals surface area contributed by atoms with Crippen LogP contribution in [0.2, 0.25) is 0 Å². The van der Waals surface area contributed by atoms with Gasteiger partial charge in [-0.1, -0.05) is 23.4 Å². The minimum absolute atomic E-state index is 0.0101. The van der Waals surface area contributed by atoms with Crippen molar-refractivity contribution < 1.29 is 9.32 Å². The maximum Gasteiger partial charge on any atom is 0.226 e. The standard InChI is InChI=1S/C19H24N4O2/c1-14-11-18(21-25-14)20-19(24)7-10-22-8-4-9-23-16(13-22)12-15-5-2-3-6-17(15)23/h2-3,5-6,11,16H,4,7-10,12-13H2,1H3,(H,20,21,24). The van der Waals surface area contributed by atoms with E-state index in [1.54, 1.807) is 6.07 Å². The average Bonchev–Trinajstić information content (AvgIpc) is 3.09. The highest BCUT2D eigenvalue weighted by atomic mass is 16.5. The van der Waals surface area contributed by atoms with E-state index in [1.165, 1.54) is 11.3 Å². The van der Waals surface area contributed by atoms with Gasteiger partial charge >= 0.3 is 0 Å². The topological polar surface area (TPSA) is 61.6 Å². The van der Waals surface area contributed by atoms with Crippen molar-refractivity contribution >= 4 is 17.4 Å². The van der Waals surface area contributed by atoms with Crippen LogP contribution in [0.15, 0.2) is 34.9 Å². The highest BCUT2D eigenvalue weighted by molar-refractivity contribution is 5.89. The molecule has 2 aromatic rings. The van der Waals surface area contributed by atoms with E-state index in [4.69, 9.17) is 4.52 Å². The van der Waals surface area contributed by atoms with Crippen LogP contribution in [0.5, 0.6) is 0 Å². The number of hydrogen-bond acceptors (Lipinski definition) is 5. The van der Waals surface area contributed by atoms with E-state index >= 15 is 0 Å². The van der Waals surface area contributed by atoms with Gasteiger partial charge in [0.2, 0.25) is 5.91 Å². The predicted octanol–water partition coefficient (Wildman–Crippen LogP) is 2.45. The van der Waals surface area contributed by atoms with Gasteiger partial charge in [0.1, 0.15) is 5.76 Å². The second-order valence-corrected chi connectivity index (χ2v) is 6.96. The number of aryl methyl sites for hydroxylation is 1. The van der Waals surface area contributed by atoms with Crippen LogP contribution >= 0.6 is 0 Å². The van der Waals surface area contributed by atoms with Gasteiger partial charge < -0.3 is 19.6 Å². The number of hydrogen-bond donors (Lipinski definition) is 1. The fraction of sp³-hybridized carbons (Fsp3) is 0.474. The van der Waals surface area contributed by atoms with Crippen LogP contribution in [0.3, 0.4) is 0 Å². The van der Waals surface area contributed by atoms with Gasteiger partial charge in [-0.3, -0.25) is 4.79 Å². The number of carbonyl (C=O) groups is 1. The van der Waals surface area contributed by atoms with Gasteiger partial charge in [0, 0.05) is 43.9 Å². The molecule has 1 aromatic carbocycles. The molecule has 1 N–H and O–H groups in total. The number of fused-ring (bicyclic) bond motifs is 3. The molecule has 0 aliphatic carbocycles. The SMILES string of the molecule is Cc1cc(NC(=O)CCN2CCCN3c4ccccc4CC3C2)no1. The van der Waals surface area contributed by atoms with Gasteiger partial charge in [0.25, 0.3) is 0 Å². The van der Waals surface area contributed by atoms with E-state index in [9.17, 15) is 4.79 Å². The summed E-state index contributed by atoms with van der Waals surface area (Å²) in [6.45, 7) is 5.76. The Morgan fingerprint density at radius 1 is 1.36 bits per heavy atom. The molecule has 2 aliphatic heterocycles. The summed E-state index contributed by atoms with van der Waals surface area (Å²) in [6.07, 6.45) is 2.72. The van der Waals surface area contributed by atoms with Gasteiger partial charge in [-0.2, -0.15) is 0 Å². The van der Waals surface area contributed by atoms with Crippen molar-refractivity contribution in [3.63, 3.8) is 0 Å². The number of amides is 1. The summed E-state index contributed by atoms with van der Waals surface area (Å²) in [5.41, 5.74) is 2.85.